The number of hydrogen-bond donors (Lipinski definition) is 1. The maximum absolute atomic E-state index is 6.14. The van der Waals surface area contributed by atoms with Crippen molar-refractivity contribution in [1.29, 1.82) is 0 Å². The molecule has 0 amide bonds. The summed E-state index contributed by atoms with van der Waals surface area (Å²) in [5.41, 5.74) is 4.22. The van der Waals surface area contributed by atoms with Gasteiger partial charge in [-0.15, -0.1) is 0 Å². The topological polar surface area (TPSA) is 64.9 Å². The van der Waals surface area contributed by atoms with Crippen LogP contribution in [0.25, 0.3) is 11.3 Å². The van der Waals surface area contributed by atoms with Gasteiger partial charge in [-0.1, -0.05) is 38.3 Å². The maximum Gasteiger partial charge on any atom is 0.237 e. The summed E-state index contributed by atoms with van der Waals surface area (Å²) < 4.78 is 11.1. The first-order valence-corrected chi connectivity index (χ1v) is 13.3. The molecule has 0 saturated heterocycles. The zero-order valence-electron chi connectivity index (χ0n) is 18.8. The predicted octanol–water partition coefficient (Wildman–Crippen LogP) is 5.77. The van der Waals surface area contributed by atoms with E-state index in [9.17, 15) is 0 Å². The monoisotopic (exact) mass is 463 g/mol. The Hall–Kier alpha value is -2.89. The molecule has 4 aromatic rings. The average Bonchev–Trinajstić information content (AvgIpc) is 3.18. The van der Waals surface area contributed by atoms with Gasteiger partial charge in [-0.05, 0) is 67.7 Å². The van der Waals surface area contributed by atoms with Crippen LogP contribution in [0.15, 0.2) is 65.8 Å². The zero-order valence-corrected chi connectivity index (χ0v) is 20.5. The molecule has 2 heterocycles. The molecule has 8 heteroatoms. The molecule has 0 saturated carbocycles. The second-order valence-electron chi connectivity index (χ2n) is 7.73. The average molecular weight is 464 g/mol. The number of hydrogen-bond acceptors (Lipinski definition) is 6. The summed E-state index contributed by atoms with van der Waals surface area (Å²) in [6.45, 7) is 8.67. The van der Waals surface area contributed by atoms with Gasteiger partial charge in [-0.3, -0.25) is 9.40 Å². The lowest BCUT2D eigenvalue weighted by Crippen LogP contribution is -2.01. The van der Waals surface area contributed by atoms with Crippen LogP contribution in [0.2, 0.25) is 0 Å². The van der Waals surface area contributed by atoms with E-state index in [1.54, 1.807) is 10.9 Å². The standard InChI is InChI=1S/C24H26N5OPS/c1-16-7-6-8-17(2)23(16)21-13-22(30-18-9-11-19(12-10-18)31(4)5)27-24(26-21)28-32-20-14-25-29(3)15-20/h6-15H,1-5H3,(H,26,27,28). The predicted molar refractivity (Wildman–Crippen MR) is 135 cm³/mol. The summed E-state index contributed by atoms with van der Waals surface area (Å²) >= 11 is 1.42. The Morgan fingerprint density at radius 2 is 1.72 bits per heavy atom. The van der Waals surface area contributed by atoms with Crippen LogP contribution in [0.5, 0.6) is 11.6 Å². The van der Waals surface area contributed by atoms with E-state index in [0.29, 0.717) is 11.8 Å². The van der Waals surface area contributed by atoms with Crippen molar-refractivity contribution in [2.75, 3.05) is 18.1 Å². The number of aromatic nitrogens is 4. The molecule has 2 aromatic carbocycles. The van der Waals surface area contributed by atoms with Gasteiger partial charge in [-0.2, -0.15) is 10.1 Å². The van der Waals surface area contributed by atoms with E-state index in [4.69, 9.17) is 9.72 Å². The normalized spacial score (nSPS) is 11.1. The van der Waals surface area contributed by atoms with Gasteiger partial charge in [0.05, 0.1) is 16.8 Å². The molecule has 164 valence electrons. The first kappa shape index (κ1) is 22.3. The second kappa shape index (κ2) is 9.72. The largest absolute Gasteiger partial charge is 0.439 e. The van der Waals surface area contributed by atoms with Gasteiger partial charge in [-0.25, -0.2) is 4.98 Å². The number of rotatable bonds is 7. The first-order chi connectivity index (χ1) is 15.4. The van der Waals surface area contributed by atoms with Crippen LogP contribution < -0.4 is 14.8 Å². The number of nitrogens with zero attached hydrogens (tertiary/aromatic N) is 4. The van der Waals surface area contributed by atoms with Crippen molar-refractivity contribution >= 4 is 31.1 Å². The van der Waals surface area contributed by atoms with E-state index in [1.165, 1.54) is 17.3 Å². The lowest BCUT2D eigenvalue weighted by Gasteiger charge is -2.13. The SMILES string of the molecule is Cc1cccc(C)c1-c1cc(Oc2ccc(P(C)C)cc2)nc(NSc2cnn(C)c2)n1. The molecule has 1 N–H and O–H groups in total. The molecule has 0 atom stereocenters. The van der Waals surface area contributed by atoms with E-state index in [-0.39, 0.29) is 7.92 Å². The van der Waals surface area contributed by atoms with Crippen LogP contribution in [0, 0.1) is 13.8 Å². The maximum atomic E-state index is 6.14. The molecular weight excluding hydrogens is 437 g/mol. The molecular formula is C24H26N5OPS. The molecule has 0 aliphatic heterocycles. The van der Waals surface area contributed by atoms with Crippen molar-refractivity contribution in [2.24, 2.45) is 7.05 Å². The molecule has 0 fully saturated rings. The van der Waals surface area contributed by atoms with Crippen LogP contribution in [-0.2, 0) is 7.05 Å². The quantitative estimate of drug-likeness (QED) is 0.277. The van der Waals surface area contributed by atoms with Gasteiger partial charge < -0.3 is 4.74 Å². The van der Waals surface area contributed by atoms with Gasteiger partial charge in [0.15, 0.2) is 0 Å². The molecule has 0 unspecified atom stereocenters. The Morgan fingerprint density at radius 3 is 2.34 bits per heavy atom. The van der Waals surface area contributed by atoms with Crippen LogP contribution in [0.1, 0.15) is 11.1 Å². The highest BCUT2D eigenvalue weighted by atomic mass is 32.2. The number of ether oxygens (including phenoxy) is 1. The van der Waals surface area contributed by atoms with Crippen molar-refractivity contribution < 1.29 is 4.74 Å². The Kier molecular flexibility index (Phi) is 6.77. The zero-order chi connectivity index (χ0) is 22.7. The van der Waals surface area contributed by atoms with Crippen molar-refractivity contribution in [3.8, 4) is 22.9 Å². The highest BCUT2D eigenvalue weighted by molar-refractivity contribution is 8.00. The third-order valence-electron chi connectivity index (χ3n) is 4.96. The fraction of sp³-hybridized carbons (Fsp3) is 0.208. The first-order valence-electron chi connectivity index (χ1n) is 10.2. The molecule has 6 nitrogen and oxygen atoms in total. The van der Waals surface area contributed by atoms with E-state index in [2.05, 4.69) is 72.3 Å². The summed E-state index contributed by atoms with van der Waals surface area (Å²) in [7, 11) is 1.75. The highest BCUT2D eigenvalue weighted by Gasteiger charge is 2.13. The second-order valence-corrected chi connectivity index (χ2v) is 10.9. The lowest BCUT2D eigenvalue weighted by atomic mass is 10.00. The fourth-order valence-corrected chi connectivity index (χ4v) is 4.71. The van der Waals surface area contributed by atoms with Gasteiger partial charge in [0.2, 0.25) is 11.8 Å². The van der Waals surface area contributed by atoms with Crippen LogP contribution in [0.4, 0.5) is 5.95 Å². The van der Waals surface area contributed by atoms with Crippen molar-refractivity contribution in [1.82, 2.24) is 19.7 Å². The number of benzene rings is 2. The minimum absolute atomic E-state index is 0.141. The smallest absolute Gasteiger partial charge is 0.237 e. The Morgan fingerprint density at radius 1 is 1.00 bits per heavy atom. The minimum Gasteiger partial charge on any atom is -0.439 e. The molecule has 0 bridgehead atoms. The number of anilines is 1. The van der Waals surface area contributed by atoms with Crippen molar-refractivity contribution in [2.45, 2.75) is 18.7 Å². The fourth-order valence-electron chi connectivity index (χ4n) is 3.36. The molecule has 0 spiro atoms. The lowest BCUT2D eigenvalue weighted by molar-refractivity contribution is 0.463. The van der Waals surface area contributed by atoms with Crippen LogP contribution in [0.3, 0.4) is 0 Å². The number of nitrogens with one attached hydrogen (secondary N) is 1. The Labute approximate surface area is 194 Å². The van der Waals surface area contributed by atoms with Gasteiger partial charge >= 0.3 is 0 Å². The Bertz CT molecular complexity index is 1200. The van der Waals surface area contributed by atoms with E-state index in [0.717, 1.165) is 33.0 Å². The molecule has 2 aromatic heterocycles. The van der Waals surface area contributed by atoms with Gasteiger partial charge in [0.25, 0.3) is 0 Å². The van der Waals surface area contributed by atoms with E-state index in [1.807, 2.05) is 31.4 Å². The van der Waals surface area contributed by atoms with E-state index < -0.39 is 0 Å². The van der Waals surface area contributed by atoms with Gasteiger partial charge in [0, 0.05) is 24.9 Å². The third-order valence-corrected chi connectivity index (χ3v) is 7.02. The van der Waals surface area contributed by atoms with Crippen LogP contribution >= 0.6 is 19.9 Å². The highest BCUT2D eigenvalue weighted by Crippen LogP contribution is 2.32. The summed E-state index contributed by atoms with van der Waals surface area (Å²) in [4.78, 5) is 10.4. The minimum atomic E-state index is -0.141. The summed E-state index contributed by atoms with van der Waals surface area (Å²) in [5, 5.41) is 5.54. The molecule has 4 rings (SSSR count). The number of aryl methyl sites for hydroxylation is 3. The molecule has 32 heavy (non-hydrogen) atoms. The Balaban J connectivity index is 1.67. The van der Waals surface area contributed by atoms with E-state index >= 15 is 0 Å². The van der Waals surface area contributed by atoms with Crippen molar-refractivity contribution in [3.63, 3.8) is 0 Å². The molecule has 0 radical (unpaired) electrons. The van der Waals surface area contributed by atoms with Gasteiger partial charge in [0.1, 0.15) is 5.75 Å². The summed E-state index contributed by atoms with van der Waals surface area (Å²) in [5.74, 6) is 1.73. The molecule has 0 aliphatic rings. The summed E-state index contributed by atoms with van der Waals surface area (Å²) in [6, 6.07) is 16.4. The molecule has 0 aliphatic carbocycles. The van der Waals surface area contributed by atoms with Crippen LogP contribution in [-0.4, -0.2) is 33.1 Å². The third kappa shape index (κ3) is 5.29. The summed E-state index contributed by atoms with van der Waals surface area (Å²) in [6.07, 6.45) is 3.73. The van der Waals surface area contributed by atoms with Crippen molar-refractivity contribution in [3.05, 3.63) is 72.1 Å².